The van der Waals surface area contributed by atoms with Crippen molar-refractivity contribution in [2.24, 2.45) is 5.14 Å². The molecule has 1 heterocycles. The predicted molar refractivity (Wildman–Crippen MR) is 94.9 cm³/mol. The van der Waals surface area contributed by atoms with Crippen molar-refractivity contribution >= 4 is 20.0 Å². The summed E-state index contributed by atoms with van der Waals surface area (Å²) in [4.78, 5) is 0.244. The highest BCUT2D eigenvalue weighted by Gasteiger charge is 2.28. The summed E-state index contributed by atoms with van der Waals surface area (Å²) in [6.45, 7) is 2.50. The molecule has 1 aliphatic heterocycles. The normalized spacial score (nSPS) is 15.8. The van der Waals surface area contributed by atoms with Gasteiger partial charge in [-0.15, -0.1) is 0 Å². The second-order valence-electron chi connectivity index (χ2n) is 6.06. The van der Waals surface area contributed by atoms with E-state index in [1.54, 1.807) is 18.2 Å². The lowest BCUT2D eigenvalue weighted by Gasteiger charge is -2.28. The van der Waals surface area contributed by atoms with Crippen LogP contribution in [-0.4, -0.2) is 27.7 Å². The quantitative estimate of drug-likeness (QED) is 0.872. The second-order valence-corrected chi connectivity index (χ2v) is 9.56. The first-order valence-corrected chi connectivity index (χ1v) is 10.9. The lowest BCUT2D eigenvalue weighted by atomic mass is 10.0. The van der Waals surface area contributed by atoms with Gasteiger partial charge in [-0.25, -0.2) is 22.0 Å². The monoisotopic (exact) mass is 380 g/mol. The summed E-state index contributed by atoms with van der Waals surface area (Å²) in [6, 6.07) is 11.5. The summed E-state index contributed by atoms with van der Waals surface area (Å²) in [6.07, 6.45) is 1.38. The molecular formula is C17H20N2O4S2. The molecule has 6 nitrogen and oxygen atoms in total. The molecule has 0 saturated heterocycles. The van der Waals surface area contributed by atoms with Gasteiger partial charge in [0.2, 0.25) is 20.0 Å². The average Bonchev–Trinajstić information content (AvgIpc) is 2.60. The molecule has 0 bridgehead atoms. The van der Waals surface area contributed by atoms with Crippen LogP contribution in [0.4, 0.5) is 0 Å². The molecule has 2 aromatic carbocycles. The number of primary sulfonamides is 1. The van der Waals surface area contributed by atoms with Crippen molar-refractivity contribution in [2.45, 2.75) is 36.1 Å². The van der Waals surface area contributed by atoms with Gasteiger partial charge in [-0.3, -0.25) is 0 Å². The van der Waals surface area contributed by atoms with Crippen LogP contribution in [-0.2, 0) is 39.4 Å². The summed E-state index contributed by atoms with van der Waals surface area (Å²) in [5.41, 5.74) is 2.69. The van der Waals surface area contributed by atoms with E-state index < -0.39 is 20.0 Å². The number of fused-ring (bicyclic) bond motifs is 1. The first-order chi connectivity index (χ1) is 11.7. The highest BCUT2D eigenvalue weighted by Crippen LogP contribution is 2.26. The summed E-state index contributed by atoms with van der Waals surface area (Å²) in [5.74, 6) is 0. The fraction of sp³-hybridized carbons (Fsp3) is 0.294. The molecule has 8 heteroatoms. The van der Waals surface area contributed by atoms with E-state index in [-0.39, 0.29) is 16.3 Å². The maximum absolute atomic E-state index is 12.9. The average molecular weight is 380 g/mol. The minimum Gasteiger partial charge on any atom is -0.225 e. The Balaban J connectivity index is 1.92. The number of nitrogens with zero attached hydrogens (tertiary/aromatic N) is 1. The largest absolute Gasteiger partial charge is 0.243 e. The number of aryl methyl sites for hydroxylation is 1. The smallest absolute Gasteiger partial charge is 0.225 e. The molecule has 2 N–H and O–H groups in total. The van der Waals surface area contributed by atoms with Gasteiger partial charge in [-0.05, 0) is 53.8 Å². The Morgan fingerprint density at radius 3 is 2.20 bits per heavy atom. The number of sulfonamides is 2. The van der Waals surface area contributed by atoms with Crippen LogP contribution in [0.5, 0.6) is 0 Å². The third-order valence-corrected chi connectivity index (χ3v) is 7.22. The van der Waals surface area contributed by atoms with E-state index in [2.05, 4.69) is 0 Å². The van der Waals surface area contributed by atoms with E-state index >= 15 is 0 Å². The van der Waals surface area contributed by atoms with Crippen molar-refractivity contribution in [3.63, 3.8) is 0 Å². The summed E-state index contributed by atoms with van der Waals surface area (Å²) in [5, 5.41) is 5.17. The zero-order valence-corrected chi connectivity index (χ0v) is 15.5. The molecule has 0 saturated carbocycles. The van der Waals surface area contributed by atoms with Crippen LogP contribution in [0.15, 0.2) is 52.3 Å². The molecule has 25 heavy (non-hydrogen) atoms. The number of hydrogen-bond acceptors (Lipinski definition) is 4. The van der Waals surface area contributed by atoms with Gasteiger partial charge in [0.1, 0.15) is 0 Å². The van der Waals surface area contributed by atoms with Crippen molar-refractivity contribution in [1.82, 2.24) is 4.31 Å². The van der Waals surface area contributed by atoms with Crippen LogP contribution < -0.4 is 5.14 Å². The zero-order valence-electron chi connectivity index (χ0n) is 13.8. The maximum Gasteiger partial charge on any atom is 0.243 e. The lowest BCUT2D eigenvalue weighted by molar-refractivity contribution is 0.391. The van der Waals surface area contributed by atoms with Gasteiger partial charge in [-0.2, -0.15) is 4.31 Å². The molecule has 134 valence electrons. The van der Waals surface area contributed by atoms with Crippen LogP contribution in [0.2, 0.25) is 0 Å². The molecule has 0 radical (unpaired) electrons. The van der Waals surface area contributed by atoms with E-state index in [9.17, 15) is 16.8 Å². The van der Waals surface area contributed by atoms with Gasteiger partial charge < -0.3 is 0 Å². The molecule has 0 spiro atoms. The molecule has 0 unspecified atom stereocenters. The van der Waals surface area contributed by atoms with Gasteiger partial charge >= 0.3 is 0 Å². The summed E-state index contributed by atoms with van der Waals surface area (Å²) in [7, 11) is -7.44. The highest BCUT2D eigenvalue weighted by molar-refractivity contribution is 7.89. The third kappa shape index (κ3) is 3.62. The fourth-order valence-corrected chi connectivity index (χ4v) is 4.92. The van der Waals surface area contributed by atoms with Gasteiger partial charge in [0.05, 0.1) is 9.79 Å². The van der Waals surface area contributed by atoms with E-state index in [0.29, 0.717) is 18.5 Å². The molecule has 0 amide bonds. The molecule has 1 aliphatic rings. The molecule has 0 aromatic heterocycles. The van der Waals surface area contributed by atoms with Crippen LogP contribution >= 0.6 is 0 Å². The Morgan fingerprint density at radius 1 is 0.960 bits per heavy atom. The van der Waals surface area contributed by atoms with Crippen molar-refractivity contribution in [3.05, 3.63) is 59.2 Å². The van der Waals surface area contributed by atoms with E-state index in [4.69, 9.17) is 5.14 Å². The Bertz CT molecular complexity index is 997. The number of nitrogens with two attached hydrogens (primary N) is 1. The molecule has 0 fully saturated rings. The fourth-order valence-electron chi connectivity index (χ4n) is 2.94. The van der Waals surface area contributed by atoms with Gasteiger partial charge in [0.25, 0.3) is 0 Å². The zero-order chi connectivity index (χ0) is 18.2. The number of rotatable bonds is 4. The van der Waals surface area contributed by atoms with Crippen molar-refractivity contribution < 1.29 is 16.8 Å². The number of hydrogen-bond donors (Lipinski definition) is 1. The predicted octanol–water partition coefficient (Wildman–Crippen LogP) is 1.64. The lowest BCUT2D eigenvalue weighted by Crippen LogP contribution is -2.36. The van der Waals surface area contributed by atoms with Gasteiger partial charge in [0, 0.05) is 13.1 Å². The highest BCUT2D eigenvalue weighted by atomic mass is 32.2. The minimum absolute atomic E-state index is 0.00204. The van der Waals surface area contributed by atoms with Crippen LogP contribution in [0, 0.1) is 0 Å². The van der Waals surface area contributed by atoms with Gasteiger partial charge in [0.15, 0.2) is 0 Å². The Labute approximate surface area is 148 Å². The molecule has 2 aromatic rings. The molecular weight excluding hydrogens is 360 g/mol. The van der Waals surface area contributed by atoms with Crippen LogP contribution in [0.25, 0.3) is 0 Å². The molecule has 3 rings (SSSR count). The minimum atomic E-state index is -3.82. The molecule has 0 aliphatic carbocycles. The number of benzene rings is 2. The SMILES string of the molecule is CCc1ccc(S(=O)(=O)N2CCc3ccc(S(N)(=O)=O)cc3C2)cc1. The van der Waals surface area contributed by atoms with E-state index in [0.717, 1.165) is 17.5 Å². The second kappa shape index (κ2) is 6.53. The standard InChI is InChI=1S/C17H20N2O4S2/c1-2-13-3-6-16(7-4-13)25(22,23)19-10-9-14-5-8-17(24(18,20)21)11-15(14)12-19/h3-8,11H,2,9-10,12H2,1H3,(H2,18,20,21). The Hall–Kier alpha value is -1.74. The van der Waals surface area contributed by atoms with Crippen molar-refractivity contribution in [1.29, 1.82) is 0 Å². The first kappa shape index (κ1) is 18.1. The van der Waals surface area contributed by atoms with Crippen molar-refractivity contribution in [3.8, 4) is 0 Å². The third-order valence-electron chi connectivity index (χ3n) is 4.45. The van der Waals surface area contributed by atoms with Gasteiger partial charge in [-0.1, -0.05) is 25.1 Å². The van der Waals surface area contributed by atoms with Crippen LogP contribution in [0.3, 0.4) is 0 Å². The van der Waals surface area contributed by atoms with E-state index in [1.807, 2.05) is 19.1 Å². The Kier molecular flexibility index (Phi) is 4.72. The summed E-state index contributed by atoms with van der Waals surface area (Å²) >= 11 is 0. The van der Waals surface area contributed by atoms with Crippen molar-refractivity contribution in [2.75, 3.05) is 6.54 Å². The Morgan fingerprint density at radius 2 is 1.60 bits per heavy atom. The summed E-state index contributed by atoms with van der Waals surface area (Å²) < 4.78 is 50.2. The first-order valence-electron chi connectivity index (χ1n) is 7.95. The van der Waals surface area contributed by atoms with E-state index in [1.165, 1.54) is 16.4 Å². The maximum atomic E-state index is 12.9. The topological polar surface area (TPSA) is 97.5 Å². The van der Waals surface area contributed by atoms with Crippen LogP contribution in [0.1, 0.15) is 23.6 Å². The molecule has 0 atom stereocenters.